The number of nitrogen functional groups attached to an aromatic ring is 1. The quantitative estimate of drug-likeness (QED) is 0.151. The zero-order chi connectivity index (χ0) is 41.2. The number of amides is 2. The number of benzene rings is 2. The number of nitrogens with zero attached hydrogens (tertiary/aromatic N) is 4. The fourth-order valence-corrected chi connectivity index (χ4v) is 10.8. The summed E-state index contributed by atoms with van der Waals surface area (Å²) >= 11 is 11.7. The van der Waals surface area contributed by atoms with Gasteiger partial charge in [0.2, 0.25) is 0 Å². The zero-order valence-corrected chi connectivity index (χ0v) is 36.5. The van der Waals surface area contributed by atoms with Gasteiger partial charge in [-0.3, -0.25) is 9.59 Å². The maximum atomic E-state index is 13.4. The van der Waals surface area contributed by atoms with Crippen molar-refractivity contribution in [3.63, 3.8) is 0 Å². The summed E-state index contributed by atoms with van der Waals surface area (Å²) in [5.41, 5.74) is 11.8. The second kappa shape index (κ2) is 18.8. The van der Waals surface area contributed by atoms with Crippen molar-refractivity contribution < 1.29 is 26.4 Å². The van der Waals surface area contributed by atoms with Crippen LogP contribution in [0, 0.1) is 41.5 Å². The molecular weight excluding hydrogens is 817 g/mol. The molecule has 2 N–H and O–H groups in total. The minimum atomic E-state index is -3.94. The first-order chi connectivity index (χ1) is 25.6. The van der Waals surface area contributed by atoms with Gasteiger partial charge in [-0.15, -0.1) is 0 Å². The third-order valence-corrected chi connectivity index (χ3v) is 14.2. The average Bonchev–Trinajstić information content (AvgIpc) is 3.92. The highest BCUT2D eigenvalue weighted by Gasteiger charge is 2.35. The summed E-state index contributed by atoms with van der Waals surface area (Å²) in [6, 6.07) is 10.7. The van der Waals surface area contributed by atoms with Crippen LogP contribution < -0.4 is 5.73 Å². The number of sulfone groups is 1. The molecule has 16 heteroatoms. The van der Waals surface area contributed by atoms with Gasteiger partial charge in [0.15, 0.2) is 9.84 Å². The summed E-state index contributed by atoms with van der Waals surface area (Å²) in [5, 5.41) is 1.19. The molecule has 2 aromatic carbocycles. The summed E-state index contributed by atoms with van der Waals surface area (Å²) in [4.78, 5) is 29.1. The molecule has 0 spiro atoms. The molecule has 56 heavy (non-hydrogen) atoms. The normalized spacial score (nSPS) is 14.1. The molecule has 0 saturated carbocycles. The Balaban J connectivity index is 0.000000251. The van der Waals surface area contributed by atoms with Crippen molar-refractivity contribution in [1.82, 2.24) is 18.9 Å². The van der Waals surface area contributed by atoms with Crippen molar-refractivity contribution in [2.75, 3.05) is 31.9 Å². The predicted molar refractivity (Wildman–Crippen MR) is 227 cm³/mol. The molecule has 4 heterocycles. The molecule has 308 valence electrons. The van der Waals surface area contributed by atoms with Gasteiger partial charge in [0.1, 0.15) is 9.79 Å². The number of likely N-dealkylation sites (tertiary alicyclic amines) is 2. The van der Waals surface area contributed by atoms with Crippen LogP contribution in [-0.4, -0.2) is 73.8 Å². The Kier molecular flexibility index (Phi) is 15.8. The first-order valence-corrected chi connectivity index (χ1v) is 22.6. The van der Waals surface area contributed by atoms with Gasteiger partial charge in [-0.05, 0) is 108 Å². The Bertz CT molecular complexity index is 2320. The van der Waals surface area contributed by atoms with Crippen LogP contribution in [0.25, 0.3) is 0 Å². The summed E-state index contributed by atoms with van der Waals surface area (Å²) < 4.78 is 53.7. The van der Waals surface area contributed by atoms with E-state index in [1.54, 1.807) is 78.9 Å². The number of hydrogen-bond acceptors (Lipinski definition) is 7. The van der Waals surface area contributed by atoms with Crippen molar-refractivity contribution in [1.29, 1.82) is 0 Å². The van der Waals surface area contributed by atoms with Gasteiger partial charge in [0, 0.05) is 89.5 Å². The number of nitrogens with two attached hydrogens (primary N) is 1. The molecule has 2 aliphatic heterocycles. The van der Waals surface area contributed by atoms with E-state index < -0.39 is 18.9 Å². The average molecular weight is 871 g/mol. The lowest BCUT2D eigenvalue weighted by atomic mass is 10.1. The van der Waals surface area contributed by atoms with Crippen molar-refractivity contribution in [3.8, 4) is 0 Å². The van der Waals surface area contributed by atoms with Gasteiger partial charge in [-0.1, -0.05) is 42.8 Å². The van der Waals surface area contributed by atoms with Crippen molar-refractivity contribution in [2.45, 2.75) is 90.2 Å². The van der Waals surface area contributed by atoms with Crippen molar-refractivity contribution in [2.24, 2.45) is 14.1 Å². The minimum Gasteiger partial charge on any atom is -0.398 e. The van der Waals surface area contributed by atoms with Crippen LogP contribution in [0.15, 0.2) is 46.2 Å². The van der Waals surface area contributed by atoms with E-state index in [9.17, 15) is 26.4 Å². The predicted octanol–water partition coefficient (Wildman–Crippen LogP) is 8.49. The topological polar surface area (TPSA) is 145 Å². The number of carbonyl (C=O) groups is 2. The standard InChI is InChI=1S/C20H25ClN2O3S.C12H17ClN2O3S.C7H8ClN.CH4/c1-13-7-8-17(21)11-16(13)12-27(25,26)19-15(3)22(4)14(2)18(19)20(24)23-9-5-6-10-23;1-8-10(12(16)15-6-4-5-7-15)11(19(13,17)18)9(2)14(8)3;1-5-2-3-6(8)4-7(5)9;/h7-8,11H,5-6,9-10,12H2,1-4H3;4-7H2,1-3H3;2-4H,9H2,1H3;1H4. The molecule has 2 aromatic heterocycles. The molecule has 0 bridgehead atoms. The molecule has 0 radical (unpaired) electrons. The molecule has 2 fully saturated rings. The monoisotopic (exact) mass is 869 g/mol. The fraction of sp³-hybridized carbons (Fsp3) is 0.450. The van der Waals surface area contributed by atoms with Crippen molar-refractivity contribution >= 4 is 70.3 Å². The molecule has 2 saturated heterocycles. The maximum Gasteiger partial charge on any atom is 0.263 e. The van der Waals surface area contributed by atoms with E-state index in [1.807, 2.05) is 32.0 Å². The van der Waals surface area contributed by atoms with Crippen LogP contribution in [0.5, 0.6) is 0 Å². The number of aromatic nitrogens is 2. The summed E-state index contributed by atoms with van der Waals surface area (Å²) in [5.74, 6) is -0.600. The van der Waals surface area contributed by atoms with E-state index in [4.69, 9.17) is 39.6 Å². The van der Waals surface area contributed by atoms with E-state index in [0.717, 1.165) is 42.5 Å². The van der Waals surface area contributed by atoms with E-state index >= 15 is 0 Å². The Morgan fingerprint density at radius 2 is 1.04 bits per heavy atom. The first kappa shape index (κ1) is 46.9. The van der Waals surface area contributed by atoms with Gasteiger partial charge in [0.05, 0.1) is 16.9 Å². The highest BCUT2D eigenvalue weighted by Crippen LogP contribution is 2.33. The van der Waals surface area contributed by atoms with E-state index in [1.165, 1.54) is 0 Å². The van der Waals surface area contributed by atoms with Crippen LogP contribution >= 0.6 is 33.9 Å². The molecule has 0 atom stereocenters. The SMILES string of the molecule is C.Cc1c(C(=O)N2CCCC2)c(S(=O)(=O)Cl)c(C)n1C.Cc1ccc(Cl)cc1CS(=O)(=O)c1c(C(=O)N2CCCC2)c(C)n(C)c1C.Cc1ccc(Cl)cc1N. The smallest absolute Gasteiger partial charge is 0.263 e. The van der Waals surface area contributed by atoms with E-state index in [0.29, 0.717) is 70.1 Å². The highest BCUT2D eigenvalue weighted by atomic mass is 35.7. The van der Waals surface area contributed by atoms with E-state index in [-0.39, 0.29) is 40.3 Å². The molecule has 2 aliphatic rings. The molecular formula is C40H54Cl3N5O6S2. The largest absolute Gasteiger partial charge is 0.398 e. The number of carbonyl (C=O) groups excluding carboxylic acids is 2. The van der Waals surface area contributed by atoms with Gasteiger partial charge in [-0.25, -0.2) is 16.8 Å². The molecule has 11 nitrogen and oxygen atoms in total. The summed E-state index contributed by atoms with van der Waals surface area (Å²) in [6.07, 6.45) is 3.83. The number of hydrogen-bond donors (Lipinski definition) is 1. The van der Waals surface area contributed by atoms with Gasteiger partial charge < -0.3 is 24.7 Å². The Morgan fingerprint density at radius 1 is 0.643 bits per heavy atom. The summed E-state index contributed by atoms with van der Waals surface area (Å²) in [6.45, 7) is 13.5. The second-order valence-corrected chi connectivity index (χ2v) is 19.4. The molecule has 0 aliphatic carbocycles. The third kappa shape index (κ3) is 10.3. The Hall–Kier alpha value is -3.49. The number of halogens is 3. The second-order valence-electron chi connectivity index (χ2n) is 14.1. The number of anilines is 1. The molecule has 2 amide bonds. The maximum absolute atomic E-state index is 13.4. The van der Waals surface area contributed by atoms with Gasteiger partial charge >= 0.3 is 0 Å². The lowest BCUT2D eigenvalue weighted by Crippen LogP contribution is -2.29. The fourth-order valence-electron chi connectivity index (χ4n) is 6.86. The molecule has 4 aromatic rings. The Labute approximate surface area is 347 Å². The first-order valence-electron chi connectivity index (χ1n) is 17.9. The number of rotatable bonds is 6. The summed E-state index contributed by atoms with van der Waals surface area (Å²) in [7, 11) is 1.37. The van der Waals surface area contributed by atoms with E-state index in [2.05, 4.69) is 0 Å². The lowest BCUT2D eigenvalue weighted by Gasteiger charge is -2.17. The van der Waals surface area contributed by atoms with Crippen molar-refractivity contribution in [3.05, 3.63) is 97.0 Å². The lowest BCUT2D eigenvalue weighted by molar-refractivity contribution is 0.0781. The third-order valence-electron chi connectivity index (χ3n) is 10.5. The van der Waals surface area contributed by atoms with Crippen LogP contribution in [0.4, 0.5) is 5.69 Å². The highest BCUT2D eigenvalue weighted by molar-refractivity contribution is 8.13. The number of aryl methyl sites for hydroxylation is 2. The Morgan fingerprint density at radius 3 is 1.45 bits per heavy atom. The van der Waals surface area contributed by atoms with Crippen LogP contribution in [-0.2, 0) is 38.7 Å². The molecule has 0 unspecified atom stereocenters. The van der Waals surface area contributed by atoms with Gasteiger partial charge in [-0.2, -0.15) is 0 Å². The minimum absolute atomic E-state index is 0. The molecule has 6 rings (SSSR count). The van der Waals surface area contributed by atoms with Crippen LogP contribution in [0.3, 0.4) is 0 Å². The zero-order valence-electron chi connectivity index (χ0n) is 32.6. The van der Waals surface area contributed by atoms with Gasteiger partial charge in [0.25, 0.3) is 20.9 Å². The van der Waals surface area contributed by atoms with Crippen LogP contribution in [0.2, 0.25) is 10.0 Å². The van der Waals surface area contributed by atoms with Crippen LogP contribution in [0.1, 0.15) is 93.3 Å².